The maximum Gasteiger partial charge on any atom is 0.230 e. The van der Waals surface area contributed by atoms with Gasteiger partial charge >= 0.3 is 0 Å². The van der Waals surface area contributed by atoms with Gasteiger partial charge in [0, 0.05) is 5.69 Å². The lowest BCUT2D eigenvalue weighted by atomic mass is 9.49. The van der Waals surface area contributed by atoms with Crippen molar-refractivity contribution in [1.82, 2.24) is 14.8 Å². The van der Waals surface area contributed by atoms with Gasteiger partial charge in [-0.25, -0.2) is 9.67 Å². The Morgan fingerprint density at radius 3 is 2.21 bits per heavy atom. The summed E-state index contributed by atoms with van der Waals surface area (Å²) >= 11 is 0. The highest BCUT2D eigenvalue weighted by molar-refractivity contribution is 5.95. The monoisotopic (exact) mass is 322 g/mol. The summed E-state index contributed by atoms with van der Waals surface area (Å²) in [4.78, 5) is 17.0. The quantitative estimate of drug-likeness (QED) is 0.942. The van der Waals surface area contributed by atoms with Gasteiger partial charge in [-0.3, -0.25) is 4.79 Å². The number of hydrogen-bond donors (Lipinski definition) is 1. The number of anilines is 1. The molecule has 4 bridgehead atoms. The zero-order chi connectivity index (χ0) is 16.1. The highest BCUT2D eigenvalue weighted by Gasteiger charge is 2.54. The predicted octanol–water partition coefficient (Wildman–Crippen LogP) is 3.42. The Bertz CT molecular complexity index is 715. The molecule has 1 aromatic heterocycles. The van der Waals surface area contributed by atoms with Crippen LogP contribution in [0, 0.1) is 23.2 Å². The highest BCUT2D eigenvalue weighted by atomic mass is 16.2. The molecule has 4 aliphatic carbocycles. The fourth-order valence-electron chi connectivity index (χ4n) is 5.69. The normalized spacial score (nSPS) is 33.6. The van der Waals surface area contributed by atoms with Crippen LogP contribution in [0.3, 0.4) is 0 Å². The number of carbonyl (C=O) groups excluding carboxylic acids is 1. The van der Waals surface area contributed by atoms with Crippen LogP contribution in [0.15, 0.2) is 36.9 Å². The molecule has 24 heavy (non-hydrogen) atoms. The average molecular weight is 322 g/mol. The number of hydrogen-bond acceptors (Lipinski definition) is 3. The van der Waals surface area contributed by atoms with Crippen LogP contribution in [-0.4, -0.2) is 20.7 Å². The molecule has 6 rings (SSSR count). The van der Waals surface area contributed by atoms with E-state index in [9.17, 15) is 4.79 Å². The third-order valence-corrected chi connectivity index (χ3v) is 6.33. The maximum absolute atomic E-state index is 13.0. The summed E-state index contributed by atoms with van der Waals surface area (Å²) in [5, 5.41) is 7.31. The first kappa shape index (κ1) is 14.2. The molecule has 4 fully saturated rings. The molecule has 0 aliphatic heterocycles. The topological polar surface area (TPSA) is 59.8 Å². The summed E-state index contributed by atoms with van der Waals surface area (Å²) in [6.45, 7) is 0. The minimum atomic E-state index is -0.0979. The van der Waals surface area contributed by atoms with E-state index in [1.54, 1.807) is 11.0 Å². The Hall–Kier alpha value is -2.17. The molecular weight excluding hydrogens is 300 g/mol. The van der Waals surface area contributed by atoms with E-state index in [1.807, 2.05) is 24.3 Å². The summed E-state index contributed by atoms with van der Waals surface area (Å²) in [5.41, 5.74) is 1.72. The Kier molecular flexibility index (Phi) is 3.05. The fourth-order valence-corrected chi connectivity index (χ4v) is 5.69. The van der Waals surface area contributed by atoms with E-state index in [2.05, 4.69) is 15.4 Å². The number of carbonyl (C=O) groups is 1. The fraction of sp³-hybridized carbons (Fsp3) is 0.526. The second-order valence-corrected chi connectivity index (χ2v) is 8.04. The number of nitrogens with zero attached hydrogens (tertiary/aromatic N) is 3. The SMILES string of the molecule is O=C(Nc1ccc(-n2cncn2)cc1)C12CC3CC(CC(C3)C1)C2. The van der Waals surface area contributed by atoms with Crippen molar-refractivity contribution in [1.29, 1.82) is 0 Å². The third kappa shape index (κ3) is 2.26. The lowest BCUT2D eigenvalue weighted by Gasteiger charge is -2.55. The molecule has 1 N–H and O–H groups in total. The molecule has 0 unspecified atom stereocenters. The van der Waals surface area contributed by atoms with E-state index in [-0.39, 0.29) is 11.3 Å². The van der Waals surface area contributed by atoms with Crippen LogP contribution in [0.25, 0.3) is 5.69 Å². The molecule has 1 amide bonds. The average Bonchev–Trinajstić information content (AvgIpc) is 3.09. The van der Waals surface area contributed by atoms with E-state index >= 15 is 0 Å². The van der Waals surface area contributed by atoms with Crippen molar-refractivity contribution in [2.24, 2.45) is 23.2 Å². The Morgan fingerprint density at radius 2 is 1.67 bits per heavy atom. The molecule has 1 heterocycles. The van der Waals surface area contributed by atoms with E-state index < -0.39 is 0 Å². The summed E-state index contributed by atoms with van der Waals surface area (Å²) < 4.78 is 1.71. The summed E-state index contributed by atoms with van der Waals surface area (Å²) in [6.07, 6.45) is 10.6. The Labute approximate surface area is 141 Å². The van der Waals surface area contributed by atoms with E-state index in [4.69, 9.17) is 0 Å². The van der Waals surface area contributed by atoms with E-state index in [0.717, 1.165) is 48.4 Å². The molecule has 5 nitrogen and oxygen atoms in total. The van der Waals surface area contributed by atoms with Gasteiger partial charge in [-0.05, 0) is 80.5 Å². The summed E-state index contributed by atoms with van der Waals surface area (Å²) in [7, 11) is 0. The van der Waals surface area contributed by atoms with Gasteiger partial charge in [-0.15, -0.1) is 0 Å². The third-order valence-electron chi connectivity index (χ3n) is 6.33. The second kappa shape index (κ2) is 5.16. The van der Waals surface area contributed by atoms with Gasteiger partial charge in [-0.1, -0.05) is 0 Å². The second-order valence-electron chi connectivity index (χ2n) is 8.04. The van der Waals surface area contributed by atoms with Gasteiger partial charge in [0.15, 0.2) is 0 Å². The first-order chi connectivity index (χ1) is 11.7. The summed E-state index contributed by atoms with van der Waals surface area (Å²) in [5.74, 6) is 2.61. The summed E-state index contributed by atoms with van der Waals surface area (Å²) in [6, 6.07) is 7.83. The standard InChI is InChI=1S/C19H22N4O/c24-18(19-8-13-5-14(9-19)7-15(6-13)10-19)22-16-1-3-17(4-2-16)23-12-20-11-21-23/h1-4,11-15H,5-10H2,(H,22,24). The van der Waals surface area contributed by atoms with Crippen LogP contribution >= 0.6 is 0 Å². The zero-order valence-electron chi connectivity index (χ0n) is 13.7. The highest BCUT2D eigenvalue weighted by Crippen LogP contribution is 2.60. The molecule has 124 valence electrons. The van der Waals surface area contributed by atoms with E-state index in [0.29, 0.717) is 0 Å². The minimum absolute atomic E-state index is 0.0979. The molecule has 1 aromatic carbocycles. The lowest BCUT2D eigenvalue weighted by molar-refractivity contribution is -0.140. The number of amides is 1. The molecule has 0 spiro atoms. The lowest BCUT2D eigenvalue weighted by Crippen LogP contribution is -2.51. The molecule has 0 atom stereocenters. The van der Waals surface area contributed by atoms with Crippen LogP contribution < -0.4 is 5.32 Å². The molecule has 5 heteroatoms. The molecule has 4 aliphatic rings. The van der Waals surface area contributed by atoms with Crippen LogP contribution in [-0.2, 0) is 4.79 Å². The van der Waals surface area contributed by atoms with Crippen LogP contribution in [0.4, 0.5) is 5.69 Å². The smallest absolute Gasteiger partial charge is 0.230 e. The number of aromatic nitrogens is 3. The van der Waals surface area contributed by atoms with Crippen LogP contribution in [0.2, 0.25) is 0 Å². The molecule has 2 aromatic rings. The number of rotatable bonds is 3. The molecular formula is C19H22N4O. The Morgan fingerprint density at radius 1 is 1.04 bits per heavy atom. The van der Waals surface area contributed by atoms with Crippen molar-refractivity contribution in [3.05, 3.63) is 36.9 Å². The number of nitrogens with one attached hydrogen (secondary N) is 1. The van der Waals surface area contributed by atoms with Crippen molar-refractivity contribution in [3.8, 4) is 5.69 Å². The molecule has 0 saturated heterocycles. The van der Waals surface area contributed by atoms with Gasteiger partial charge in [0.1, 0.15) is 12.7 Å². The van der Waals surface area contributed by atoms with Gasteiger partial charge in [0.25, 0.3) is 0 Å². The van der Waals surface area contributed by atoms with Crippen molar-refractivity contribution in [2.45, 2.75) is 38.5 Å². The molecule has 0 radical (unpaired) electrons. The zero-order valence-corrected chi connectivity index (χ0v) is 13.7. The minimum Gasteiger partial charge on any atom is -0.326 e. The van der Waals surface area contributed by atoms with Crippen molar-refractivity contribution in [3.63, 3.8) is 0 Å². The predicted molar refractivity (Wildman–Crippen MR) is 90.6 cm³/mol. The Balaban J connectivity index is 1.33. The first-order valence-corrected chi connectivity index (χ1v) is 8.97. The van der Waals surface area contributed by atoms with Crippen LogP contribution in [0.5, 0.6) is 0 Å². The largest absolute Gasteiger partial charge is 0.326 e. The first-order valence-electron chi connectivity index (χ1n) is 8.97. The van der Waals surface area contributed by atoms with Crippen molar-refractivity contribution < 1.29 is 4.79 Å². The van der Waals surface area contributed by atoms with Gasteiger partial charge in [-0.2, -0.15) is 5.10 Å². The molecule has 4 saturated carbocycles. The van der Waals surface area contributed by atoms with E-state index in [1.165, 1.54) is 25.6 Å². The van der Waals surface area contributed by atoms with Gasteiger partial charge in [0.05, 0.1) is 11.1 Å². The van der Waals surface area contributed by atoms with Crippen molar-refractivity contribution >= 4 is 11.6 Å². The van der Waals surface area contributed by atoms with Gasteiger partial charge in [0.2, 0.25) is 5.91 Å². The maximum atomic E-state index is 13.0. The number of benzene rings is 1. The van der Waals surface area contributed by atoms with Crippen LogP contribution in [0.1, 0.15) is 38.5 Å². The van der Waals surface area contributed by atoms with Crippen molar-refractivity contribution in [2.75, 3.05) is 5.32 Å². The van der Waals surface area contributed by atoms with Gasteiger partial charge < -0.3 is 5.32 Å².